The highest BCUT2D eigenvalue weighted by Gasteiger charge is 2.52. The SMILES string of the molecule is N=C1NC(c2ccccc2)(c2ccccc2)C(=O)N1CC1CCN(C(=O)Cc2ccccc2)CC1. The molecule has 3 aromatic rings. The van der Waals surface area contributed by atoms with Crippen molar-refractivity contribution in [2.45, 2.75) is 24.8 Å². The number of nitrogens with one attached hydrogen (secondary N) is 2. The maximum Gasteiger partial charge on any atom is 0.264 e. The van der Waals surface area contributed by atoms with Crippen LogP contribution in [0, 0.1) is 11.3 Å². The Bertz CT molecular complexity index is 1150. The van der Waals surface area contributed by atoms with Crippen LogP contribution in [-0.2, 0) is 21.5 Å². The zero-order valence-corrected chi connectivity index (χ0v) is 19.7. The second-order valence-electron chi connectivity index (χ2n) is 9.36. The van der Waals surface area contributed by atoms with Crippen LogP contribution in [0.5, 0.6) is 0 Å². The molecule has 0 saturated carbocycles. The first-order valence-electron chi connectivity index (χ1n) is 12.2. The van der Waals surface area contributed by atoms with Gasteiger partial charge in [-0.1, -0.05) is 91.0 Å². The van der Waals surface area contributed by atoms with Gasteiger partial charge < -0.3 is 10.2 Å². The number of nitrogens with zero attached hydrogens (tertiary/aromatic N) is 2. The van der Waals surface area contributed by atoms with Crippen molar-refractivity contribution in [2.75, 3.05) is 19.6 Å². The van der Waals surface area contributed by atoms with E-state index >= 15 is 0 Å². The molecule has 178 valence electrons. The number of likely N-dealkylation sites (tertiary alicyclic amines) is 1. The minimum Gasteiger partial charge on any atom is -0.342 e. The van der Waals surface area contributed by atoms with Gasteiger partial charge >= 0.3 is 0 Å². The van der Waals surface area contributed by atoms with Gasteiger partial charge in [0.05, 0.1) is 6.42 Å². The van der Waals surface area contributed by atoms with Crippen molar-refractivity contribution in [2.24, 2.45) is 5.92 Å². The summed E-state index contributed by atoms with van der Waals surface area (Å²) >= 11 is 0. The van der Waals surface area contributed by atoms with Gasteiger partial charge in [0.15, 0.2) is 11.5 Å². The fourth-order valence-corrected chi connectivity index (χ4v) is 5.22. The molecule has 2 saturated heterocycles. The third-order valence-corrected chi connectivity index (χ3v) is 7.16. The van der Waals surface area contributed by atoms with Crippen LogP contribution in [-0.4, -0.2) is 47.2 Å². The van der Waals surface area contributed by atoms with Gasteiger partial charge in [-0.25, -0.2) is 0 Å². The molecule has 35 heavy (non-hydrogen) atoms. The quantitative estimate of drug-likeness (QED) is 0.581. The molecule has 2 aliphatic rings. The van der Waals surface area contributed by atoms with Crippen LogP contribution in [0.25, 0.3) is 0 Å². The van der Waals surface area contributed by atoms with Crippen LogP contribution in [0.3, 0.4) is 0 Å². The fourth-order valence-electron chi connectivity index (χ4n) is 5.22. The van der Waals surface area contributed by atoms with E-state index in [4.69, 9.17) is 5.41 Å². The molecule has 5 rings (SSSR count). The van der Waals surface area contributed by atoms with Crippen LogP contribution < -0.4 is 5.32 Å². The molecule has 6 heteroatoms. The largest absolute Gasteiger partial charge is 0.342 e. The molecule has 2 aliphatic heterocycles. The van der Waals surface area contributed by atoms with Crippen molar-refractivity contribution >= 4 is 17.8 Å². The number of rotatable bonds is 6. The van der Waals surface area contributed by atoms with Gasteiger partial charge in [0.25, 0.3) is 5.91 Å². The van der Waals surface area contributed by atoms with Gasteiger partial charge in [0.2, 0.25) is 5.91 Å². The van der Waals surface area contributed by atoms with Crippen molar-refractivity contribution in [3.05, 3.63) is 108 Å². The smallest absolute Gasteiger partial charge is 0.264 e. The Morgan fingerprint density at radius 2 is 1.37 bits per heavy atom. The van der Waals surface area contributed by atoms with Crippen LogP contribution in [0.4, 0.5) is 0 Å². The Labute approximate surface area is 206 Å². The first-order valence-corrected chi connectivity index (χ1v) is 12.2. The van der Waals surface area contributed by atoms with E-state index in [9.17, 15) is 9.59 Å². The highest BCUT2D eigenvalue weighted by Crippen LogP contribution is 2.36. The molecule has 0 spiro atoms. The molecule has 2 fully saturated rings. The Kier molecular flexibility index (Phi) is 6.36. The van der Waals surface area contributed by atoms with Crippen molar-refractivity contribution in [3.8, 4) is 0 Å². The summed E-state index contributed by atoms with van der Waals surface area (Å²) in [6.07, 6.45) is 2.06. The van der Waals surface area contributed by atoms with E-state index < -0.39 is 5.54 Å². The van der Waals surface area contributed by atoms with Gasteiger partial charge in [-0.3, -0.25) is 19.9 Å². The van der Waals surface area contributed by atoms with E-state index in [-0.39, 0.29) is 23.7 Å². The number of piperidine rings is 1. The van der Waals surface area contributed by atoms with Crippen molar-refractivity contribution in [3.63, 3.8) is 0 Å². The summed E-state index contributed by atoms with van der Waals surface area (Å²) in [5, 5.41) is 11.9. The standard InChI is InChI=1S/C29H30N4O2/c30-28-31-29(24-12-6-2-7-13-24,25-14-8-3-9-15-25)27(35)33(28)21-23-16-18-32(19-17-23)26(34)20-22-10-4-1-5-11-22/h1-15,23H,16-21H2,(H2,30,31). The number of hydrogen-bond acceptors (Lipinski definition) is 3. The molecule has 0 atom stereocenters. The van der Waals surface area contributed by atoms with E-state index in [1.54, 1.807) is 4.90 Å². The number of carbonyl (C=O) groups is 2. The summed E-state index contributed by atoms with van der Waals surface area (Å²) in [5.41, 5.74) is 1.57. The minimum absolute atomic E-state index is 0.123. The number of amides is 2. The number of carbonyl (C=O) groups excluding carboxylic acids is 2. The monoisotopic (exact) mass is 466 g/mol. The zero-order valence-electron chi connectivity index (χ0n) is 19.7. The Hall–Kier alpha value is -3.93. The predicted octanol–water partition coefficient (Wildman–Crippen LogP) is 3.78. The summed E-state index contributed by atoms with van der Waals surface area (Å²) in [7, 11) is 0. The van der Waals surface area contributed by atoms with Gasteiger partial charge in [-0.2, -0.15) is 0 Å². The molecular weight excluding hydrogens is 436 g/mol. The normalized spacial score (nSPS) is 17.9. The first-order chi connectivity index (χ1) is 17.1. The third-order valence-electron chi connectivity index (χ3n) is 7.16. The van der Waals surface area contributed by atoms with Crippen molar-refractivity contribution in [1.82, 2.24) is 15.1 Å². The number of benzene rings is 3. The second-order valence-corrected chi connectivity index (χ2v) is 9.36. The van der Waals surface area contributed by atoms with Crippen LogP contribution in [0.1, 0.15) is 29.5 Å². The zero-order chi connectivity index (χ0) is 24.3. The summed E-state index contributed by atoms with van der Waals surface area (Å²) in [6, 6.07) is 29.1. The molecule has 2 heterocycles. The topological polar surface area (TPSA) is 76.5 Å². The molecule has 0 unspecified atom stereocenters. The Balaban J connectivity index is 1.28. The highest BCUT2D eigenvalue weighted by atomic mass is 16.2. The molecule has 2 amide bonds. The highest BCUT2D eigenvalue weighted by molar-refractivity contribution is 6.10. The lowest BCUT2D eigenvalue weighted by Crippen LogP contribution is -2.46. The maximum absolute atomic E-state index is 13.9. The predicted molar refractivity (Wildman–Crippen MR) is 136 cm³/mol. The van der Waals surface area contributed by atoms with E-state index in [0.717, 1.165) is 29.5 Å². The van der Waals surface area contributed by atoms with E-state index in [0.29, 0.717) is 26.1 Å². The van der Waals surface area contributed by atoms with Crippen LogP contribution >= 0.6 is 0 Å². The van der Waals surface area contributed by atoms with Gasteiger partial charge in [0, 0.05) is 19.6 Å². The molecule has 0 radical (unpaired) electrons. The molecule has 3 aromatic carbocycles. The van der Waals surface area contributed by atoms with Crippen molar-refractivity contribution < 1.29 is 9.59 Å². The van der Waals surface area contributed by atoms with Crippen LogP contribution in [0.2, 0.25) is 0 Å². The summed E-state index contributed by atoms with van der Waals surface area (Å²) < 4.78 is 0. The van der Waals surface area contributed by atoms with Gasteiger partial charge in [-0.05, 0) is 35.4 Å². The van der Waals surface area contributed by atoms with E-state index in [2.05, 4.69) is 5.32 Å². The third kappa shape index (κ3) is 4.44. The average molecular weight is 467 g/mol. The lowest BCUT2D eigenvalue weighted by molar-refractivity contribution is -0.133. The van der Waals surface area contributed by atoms with E-state index in [1.807, 2.05) is 95.9 Å². The van der Waals surface area contributed by atoms with Crippen molar-refractivity contribution in [1.29, 1.82) is 5.41 Å². The minimum atomic E-state index is -1.11. The molecule has 0 aliphatic carbocycles. The fraction of sp³-hybridized carbons (Fsp3) is 0.276. The molecule has 0 aromatic heterocycles. The Morgan fingerprint density at radius 1 is 0.857 bits per heavy atom. The van der Waals surface area contributed by atoms with Crippen LogP contribution in [0.15, 0.2) is 91.0 Å². The molecule has 6 nitrogen and oxygen atoms in total. The summed E-state index contributed by atoms with van der Waals surface area (Å²) in [6.45, 7) is 1.84. The van der Waals surface area contributed by atoms with Gasteiger partial charge in [0.1, 0.15) is 0 Å². The molecule has 2 N–H and O–H groups in total. The van der Waals surface area contributed by atoms with E-state index in [1.165, 1.54) is 0 Å². The summed E-state index contributed by atoms with van der Waals surface area (Å²) in [4.78, 5) is 30.2. The molecular formula is C29H30N4O2. The Morgan fingerprint density at radius 3 is 1.91 bits per heavy atom. The first kappa shape index (κ1) is 22.8. The lowest BCUT2D eigenvalue weighted by atomic mass is 9.82. The second kappa shape index (κ2) is 9.74. The molecule has 0 bridgehead atoms. The number of guanidine groups is 1. The maximum atomic E-state index is 13.9. The average Bonchev–Trinajstić information content (AvgIpc) is 3.16. The van der Waals surface area contributed by atoms with Gasteiger partial charge in [-0.15, -0.1) is 0 Å². The lowest BCUT2D eigenvalue weighted by Gasteiger charge is -2.34. The number of hydrogen-bond donors (Lipinski definition) is 2. The summed E-state index contributed by atoms with van der Waals surface area (Å²) in [5.74, 6) is 0.394.